The van der Waals surface area contributed by atoms with E-state index in [2.05, 4.69) is 5.32 Å². The van der Waals surface area contributed by atoms with Gasteiger partial charge in [0.25, 0.3) is 5.91 Å². The van der Waals surface area contributed by atoms with Crippen LogP contribution in [0.4, 0.5) is 0 Å². The summed E-state index contributed by atoms with van der Waals surface area (Å²) < 4.78 is 0. The molecule has 1 aliphatic carbocycles. The van der Waals surface area contributed by atoms with Crippen LogP contribution in [-0.2, 0) is 5.60 Å². The first-order chi connectivity index (χ1) is 11.1. The van der Waals surface area contributed by atoms with E-state index in [1.54, 1.807) is 11.8 Å². The molecule has 0 aromatic heterocycles. The number of carbonyl (C=O) groups excluding carboxylic acids is 1. The SMILES string of the molecule is CSc1ccccc1C(=O)NCC(O)(c1ccccc1)C1CC1. The van der Waals surface area contributed by atoms with E-state index >= 15 is 0 Å². The molecule has 2 aromatic carbocycles. The molecule has 0 spiro atoms. The lowest BCUT2D eigenvalue weighted by Gasteiger charge is -2.29. The summed E-state index contributed by atoms with van der Waals surface area (Å²) in [6, 6.07) is 17.2. The highest BCUT2D eigenvalue weighted by Crippen LogP contribution is 2.45. The van der Waals surface area contributed by atoms with Gasteiger partial charge in [0.05, 0.1) is 12.1 Å². The minimum absolute atomic E-state index is 0.134. The fourth-order valence-corrected chi connectivity index (χ4v) is 3.51. The molecule has 120 valence electrons. The molecule has 1 unspecified atom stereocenters. The highest BCUT2D eigenvalue weighted by molar-refractivity contribution is 7.98. The van der Waals surface area contributed by atoms with Gasteiger partial charge < -0.3 is 10.4 Å². The lowest BCUT2D eigenvalue weighted by Crippen LogP contribution is -2.42. The van der Waals surface area contributed by atoms with Crippen LogP contribution in [0.5, 0.6) is 0 Å². The van der Waals surface area contributed by atoms with Crippen molar-refractivity contribution in [2.75, 3.05) is 12.8 Å². The number of aliphatic hydroxyl groups is 1. The van der Waals surface area contributed by atoms with Crippen LogP contribution in [0.25, 0.3) is 0 Å². The Morgan fingerprint density at radius 2 is 1.83 bits per heavy atom. The molecular formula is C19H21NO2S. The Hall–Kier alpha value is -1.78. The Morgan fingerprint density at radius 1 is 1.17 bits per heavy atom. The van der Waals surface area contributed by atoms with Crippen molar-refractivity contribution in [2.24, 2.45) is 5.92 Å². The standard InChI is InChI=1S/C19H21NO2S/c1-23-17-10-6-5-9-16(17)18(21)20-13-19(22,15-11-12-15)14-7-3-2-4-8-14/h2-10,15,22H,11-13H2,1H3,(H,20,21). The molecule has 2 aromatic rings. The lowest BCUT2D eigenvalue weighted by molar-refractivity contribution is 0.0135. The largest absolute Gasteiger partial charge is 0.383 e. The maximum Gasteiger partial charge on any atom is 0.252 e. The maximum absolute atomic E-state index is 12.5. The van der Waals surface area contributed by atoms with Gasteiger partial charge in [0.15, 0.2) is 0 Å². The molecule has 0 radical (unpaired) electrons. The van der Waals surface area contributed by atoms with Crippen LogP contribution >= 0.6 is 11.8 Å². The normalized spacial score (nSPS) is 16.6. The molecule has 2 N–H and O–H groups in total. The van der Waals surface area contributed by atoms with Crippen molar-refractivity contribution in [2.45, 2.75) is 23.3 Å². The number of rotatable bonds is 6. The van der Waals surface area contributed by atoms with E-state index in [0.29, 0.717) is 5.56 Å². The van der Waals surface area contributed by atoms with E-state index in [4.69, 9.17) is 0 Å². The second kappa shape index (κ2) is 6.77. The van der Waals surface area contributed by atoms with Crippen molar-refractivity contribution in [1.82, 2.24) is 5.32 Å². The monoisotopic (exact) mass is 327 g/mol. The zero-order valence-corrected chi connectivity index (χ0v) is 14.0. The Labute approximate surface area is 141 Å². The summed E-state index contributed by atoms with van der Waals surface area (Å²) in [5, 5.41) is 14.1. The van der Waals surface area contributed by atoms with Crippen LogP contribution in [0.15, 0.2) is 59.5 Å². The molecule has 3 nitrogen and oxygen atoms in total. The van der Waals surface area contributed by atoms with Crippen molar-refractivity contribution in [3.8, 4) is 0 Å². The number of carbonyl (C=O) groups is 1. The molecule has 1 saturated carbocycles. The van der Waals surface area contributed by atoms with Gasteiger partial charge in [-0.25, -0.2) is 0 Å². The summed E-state index contributed by atoms with van der Waals surface area (Å²) in [7, 11) is 0. The van der Waals surface area contributed by atoms with Crippen LogP contribution in [0.1, 0.15) is 28.8 Å². The smallest absolute Gasteiger partial charge is 0.252 e. The molecule has 1 amide bonds. The first-order valence-corrected chi connectivity index (χ1v) is 9.07. The summed E-state index contributed by atoms with van der Waals surface area (Å²) in [6.07, 6.45) is 3.96. The number of hydrogen-bond acceptors (Lipinski definition) is 3. The number of hydrogen-bond donors (Lipinski definition) is 2. The van der Waals surface area contributed by atoms with E-state index in [1.165, 1.54) is 0 Å². The van der Waals surface area contributed by atoms with Crippen molar-refractivity contribution in [3.05, 3.63) is 65.7 Å². The highest BCUT2D eigenvalue weighted by Gasteiger charge is 2.45. The molecule has 1 aliphatic rings. The Bertz CT molecular complexity index is 685. The average Bonchev–Trinajstić information content (AvgIpc) is 3.45. The fourth-order valence-electron chi connectivity index (χ4n) is 2.91. The number of thioether (sulfide) groups is 1. The molecular weight excluding hydrogens is 306 g/mol. The van der Waals surface area contributed by atoms with Crippen LogP contribution in [0, 0.1) is 5.92 Å². The van der Waals surface area contributed by atoms with Crippen molar-refractivity contribution in [3.63, 3.8) is 0 Å². The third-order valence-corrected chi connectivity index (χ3v) is 5.19. The van der Waals surface area contributed by atoms with Gasteiger partial charge in [-0.05, 0) is 42.7 Å². The quantitative estimate of drug-likeness (QED) is 0.799. The molecule has 23 heavy (non-hydrogen) atoms. The summed E-state index contributed by atoms with van der Waals surface area (Å²) in [4.78, 5) is 13.5. The second-order valence-corrected chi connectivity index (χ2v) is 6.80. The van der Waals surface area contributed by atoms with Gasteiger partial charge in [-0.15, -0.1) is 11.8 Å². The van der Waals surface area contributed by atoms with Crippen molar-refractivity contribution >= 4 is 17.7 Å². The van der Waals surface area contributed by atoms with Crippen molar-refractivity contribution < 1.29 is 9.90 Å². The van der Waals surface area contributed by atoms with Gasteiger partial charge in [-0.3, -0.25) is 4.79 Å². The van der Waals surface area contributed by atoms with Gasteiger partial charge in [0.1, 0.15) is 5.60 Å². The topological polar surface area (TPSA) is 49.3 Å². The van der Waals surface area contributed by atoms with Crippen LogP contribution in [0.2, 0.25) is 0 Å². The summed E-state index contributed by atoms with van der Waals surface area (Å²) in [5.41, 5.74) is 0.553. The first kappa shape index (κ1) is 16.1. The molecule has 0 heterocycles. The molecule has 1 atom stereocenters. The zero-order chi connectivity index (χ0) is 16.3. The van der Waals surface area contributed by atoms with Gasteiger partial charge in [-0.2, -0.15) is 0 Å². The molecule has 0 saturated heterocycles. The Kier molecular flexibility index (Phi) is 4.74. The molecule has 1 fully saturated rings. The first-order valence-electron chi connectivity index (χ1n) is 7.84. The Morgan fingerprint density at radius 3 is 2.48 bits per heavy atom. The predicted octanol–water partition coefficient (Wildman–Crippen LogP) is 3.44. The van der Waals surface area contributed by atoms with E-state index in [1.807, 2.05) is 60.9 Å². The Balaban J connectivity index is 1.76. The minimum atomic E-state index is -0.981. The van der Waals surface area contributed by atoms with Gasteiger partial charge in [0, 0.05) is 4.90 Å². The van der Waals surface area contributed by atoms with Crippen LogP contribution in [-0.4, -0.2) is 23.8 Å². The number of nitrogens with one attached hydrogen (secondary N) is 1. The molecule has 3 rings (SSSR count). The second-order valence-electron chi connectivity index (χ2n) is 5.95. The molecule has 4 heteroatoms. The fraction of sp³-hybridized carbons (Fsp3) is 0.316. The highest BCUT2D eigenvalue weighted by atomic mass is 32.2. The van der Waals surface area contributed by atoms with E-state index in [-0.39, 0.29) is 18.4 Å². The maximum atomic E-state index is 12.5. The predicted molar refractivity (Wildman–Crippen MR) is 93.6 cm³/mol. The summed E-state index contributed by atoms with van der Waals surface area (Å²) >= 11 is 1.55. The van der Waals surface area contributed by atoms with Gasteiger partial charge in [-0.1, -0.05) is 42.5 Å². The molecule has 0 aliphatic heterocycles. The summed E-state index contributed by atoms with van der Waals surface area (Å²) in [6.45, 7) is 0.239. The van der Waals surface area contributed by atoms with E-state index in [9.17, 15) is 9.90 Å². The van der Waals surface area contributed by atoms with Crippen molar-refractivity contribution in [1.29, 1.82) is 0 Å². The van der Waals surface area contributed by atoms with Crippen LogP contribution < -0.4 is 5.32 Å². The van der Waals surface area contributed by atoms with E-state index in [0.717, 1.165) is 23.3 Å². The zero-order valence-electron chi connectivity index (χ0n) is 13.2. The average molecular weight is 327 g/mol. The third-order valence-electron chi connectivity index (χ3n) is 4.40. The third kappa shape index (κ3) is 3.43. The number of benzene rings is 2. The lowest BCUT2D eigenvalue weighted by atomic mass is 9.88. The van der Waals surface area contributed by atoms with E-state index < -0.39 is 5.60 Å². The summed E-state index contributed by atoms with van der Waals surface area (Å²) in [5.74, 6) is 0.0888. The number of amides is 1. The van der Waals surface area contributed by atoms with Gasteiger partial charge >= 0.3 is 0 Å². The minimum Gasteiger partial charge on any atom is -0.383 e. The van der Waals surface area contributed by atoms with Gasteiger partial charge in [0.2, 0.25) is 0 Å². The van der Waals surface area contributed by atoms with Crippen LogP contribution in [0.3, 0.4) is 0 Å². The molecule has 0 bridgehead atoms.